The standard InChI is InChI=1S/C21H28N2O2/c1-18(22-11-12-23-13-15-24-16-14-23)20-7-9-21(10-8-20)25-17-19-5-3-2-4-6-19/h2-10,18,22H,11-17H2,1H3. The van der Waals surface area contributed by atoms with Crippen molar-refractivity contribution in [1.82, 2.24) is 10.2 Å². The molecule has 1 saturated heterocycles. The second kappa shape index (κ2) is 9.56. The van der Waals surface area contributed by atoms with E-state index in [0.29, 0.717) is 12.6 Å². The zero-order valence-corrected chi connectivity index (χ0v) is 15.0. The number of nitrogens with zero attached hydrogens (tertiary/aromatic N) is 1. The summed E-state index contributed by atoms with van der Waals surface area (Å²) < 4.78 is 11.2. The number of ether oxygens (including phenoxy) is 2. The van der Waals surface area contributed by atoms with Crippen molar-refractivity contribution < 1.29 is 9.47 Å². The summed E-state index contributed by atoms with van der Waals surface area (Å²) in [6.45, 7) is 8.69. The van der Waals surface area contributed by atoms with E-state index in [4.69, 9.17) is 9.47 Å². The molecule has 2 aromatic carbocycles. The summed E-state index contributed by atoms with van der Waals surface area (Å²) in [5.41, 5.74) is 2.47. The van der Waals surface area contributed by atoms with Crippen molar-refractivity contribution in [3.8, 4) is 5.75 Å². The molecule has 1 heterocycles. The van der Waals surface area contributed by atoms with Crippen LogP contribution < -0.4 is 10.1 Å². The Bertz CT molecular complexity index is 610. The summed E-state index contributed by atoms with van der Waals surface area (Å²) in [5.74, 6) is 0.910. The third-order valence-electron chi connectivity index (χ3n) is 4.61. The van der Waals surface area contributed by atoms with Crippen molar-refractivity contribution in [2.75, 3.05) is 39.4 Å². The zero-order chi connectivity index (χ0) is 17.3. The maximum atomic E-state index is 5.85. The summed E-state index contributed by atoms with van der Waals surface area (Å²) in [6, 6.07) is 19.0. The molecule has 2 aromatic rings. The minimum atomic E-state index is 0.337. The first-order valence-corrected chi connectivity index (χ1v) is 9.11. The van der Waals surface area contributed by atoms with Gasteiger partial charge in [-0.2, -0.15) is 0 Å². The van der Waals surface area contributed by atoms with Crippen LogP contribution in [0.3, 0.4) is 0 Å². The molecule has 4 heteroatoms. The zero-order valence-electron chi connectivity index (χ0n) is 15.0. The quantitative estimate of drug-likeness (QED) is 0.800. The van der Waals surface area contributed by atoms with Crippen LogP contribution in [0, 0.1) is 0 Å². The third-order valence-corrected chi connectivity index (χ3v) is 4.61. The molecule has 1 fully saturated rings. The molecule has 0 saturated carbocycles. The van der Waals surface area contributed by atoms with E-state index in [1.807, 2.05) is 18.2 Å². The first kappa shape index (κ1) is 17.9. The molecule has 4 nitrogen and oxygen atoms in total. The van der Waals surface area contributed by atoms with Crippen LogP contribution in [0.5, 0.6) is 5.75 Å². The Morgan fingerprint density at radius 2 is 1.76 bits per heavy atom. The van der Waals surface area contributed by atoms with Crippen LogP contribution in [0.25, 0.3) is 0 Å². The maximum absolute atomic E-state index is 5.85. The number of hydrogen-bond donors (Lipinski definition) is 1. The third kappa shape index (κ3) is 5.85. The van der Waals surface area contributed by atoms with Gasteiger partial charge in [0.25, 0.3) is 0 Å². The van der Waals surface area contributed by atoms with E-state index in [0.717, 1.165) is 45.1 Å². The monoisotopic (exact) mass is 340 g/mol. The van der Waals surface area contributed by atoms with Gasteiger partial charge in [-0.1, -0.05) is 42.5 Å². The maximum Gasteiger partial charge on any atom is 0.119 e. The van der Waals surface area contributed by atoms with Crippen LogP contribution in [-0.2, 0) is 11.3 Å². The number of nitrogens with one attached hydrogen (secondary N) is 1. The molecule has 0 amide bonds. The Hall–Kier alpha value is -1.88. The second-order valence-corrected chi connectivity index (χ2v) is 6.47. The molecule has 1 unspecified atom stereocenters. The van der Waals surface area contributed by atoms with E-state index >= 15 is 0 Å². The lowest BCUT2D eigenvalue weighted by atomic mass is 10.1. The molecule has 1 aliphatic rings. The summed E-state index contributed by atoms with van der Waals surface area (Å²) in [5, 5.41) is 3.60. The van der Waals surface area contributed by atoms with E-state index in [1.54, 1.807) is 0 Å². The second-order valence-electron chi connectivity index (χ2n) is 6.47. The van der Waals surface area contributed by atoms with Crippen LogP contribution in [0.4, 0.5) is 0 Å². The van der Waals surface area contributed by atoms with Crippen LogP contribution in [-0.4, -0.2) is 44.3 Å². The number of morpholine rings is 1. The van der Waals surface area contributed by atoms with Crippen molar-refractivity contribution in [2.45, 2.75) is 19.6 Å². The average molecular weight is 340 g/mol. The van der Waals surface area contributed by atoms with Crippen molar-refractivity contribution >= 4 is 0 Å². The van der Waals surface area contributed by atoms with Crippen LogP contribution >= 0.6 is 0 Å². The van der Waals surface area contributed by atoms with E-state index in [9.17, 15) is 0 Å². The first-order valence-electron chi connectivity index (χ1n) is 9.11. The highest BCUT2D eigenvalue weighted by Gasteiger charge is 2.10. The predicted octanol–water partition coefficient (Wildman–Crippen LogP) is 3.25. The average Bonchev–Trinajstić information content (AvgIpc) is 2.68. The van der Waals surface area contributed by atoms with E-state index in [1.165, 1.54) is 11.1 Å². The lowest BCUT2D eigenvalue weighted by Crippen LogP contribution is -2.40. The largest absolute Gasteiger partial charge is 0.489 e. The molecule has 25 heavy (non-hydrogen) atoms. The summed E-state index contributed by atoms with van der Waals surface area (Å²) in [7, 11) is 0. The smallest absolute Gasteiger partial charge is 0.119 e. The molecule has 0 spiro atoms. The van der Waals surface area contributed by atoms with Gasteiger partial charge >= 0.3 is 0 Å². The molecule has 3 rings (SSSR count). The molecule has 1 aliphatic heterocycles. The van der Waals surface area contributed by atoms with E-state index in [-0.39, 0.29) is 0 Å². The van der Waals surface area contributed by atoms with Crippen molar-refractivity contribution in [3.63, 3.8) is 0 Å². The highest BCUT2D eigenvalue weighted by Crippen LogP contribution is 2.18. The molecule has 1 N–H and O–H groups in total. The van der Waals surface area contributed by atoms with Crippen LogP contribution in [0.15, 0.2) is 54.6 Å². The lowest BCUT2D eigenvalue weighted by molar-refractivity contribution is 0.0382. The summed E-state index contributed by atoms with van der Waals surface area (Å²) in [6.07, 6.45) is 0. The predicted molar refractivity (Wildman–Crippen MR) is 101 cm³/mol. The van der Waals surface area contributed by atoms with Crippen molar-refractivity contribution in [3.05, 3.63) is 65.7 Å². The van der Waals surface area contributed by atoms with E-state index < -0.39 is 0 Å². The SMILES string of the molecule is CC(NCCN1CCOCC1)c1ccc(OCc2ccccc2)cc1. The van der Waals surface area contributed by atoms with Gasteiger partial charge in [-0.25, -0.2) is 0 Å². The molecule has 0 aliphatic carbocycles. The first-order chi connectivity index (χ1) is 12.3. The summed E-state index contributed by atoms with van der Waals surface area (Å²) in [4.78, 5) is 2.45. The van der Waals surface area contributed by atoms with Gasteiger partial charge in [0.15, 0.2) is 0 Å². The van der Waals surface area contributed by atoms with Gasteiger partial charge in [0.2, 0.25) is 0 Å². The molecule has 0 radical (unpaired) electrons. The van der Waals surface area contributed by atoms with E-state index in [2.05, 4.69) is 53.5 Å². The Morgan fingerprint density at radius 3 is 2.48 bits per heavy atom. The fourth-order valence-electron chi connectivity index (χ4n) is 2.98. The minimum absolute atomic E-state index is 0.337. The highest BCUT2D eigenvalue weighted by atomic mass is 16.5. The molecule has 1 atom stereocenters. The normalized spacial score (nSPS) is 16.5. The van der Waals surface area contributed by atoms with Crippen LogP contribution in [0.2, 0.25) is 0 Å². The molecular weight excluding hydrogens is 312 g/mol. The molecule has 0 aromatic heterocycles. The fraction of sp³-hybridized carbons (Fsp3) is 0.429. The Labute approximate surface area is 150 Å². The number of hydrogen-bond acceptors (Lipinski definition) is 4. The molecule has 0 bridgehead atoms. The Balaban J connectivity index is 1.41. The minimum Gasteiger partial charge on any atom is -0.489 e. The molecular formula is C21H28N2O2. The van der Waals surface area contributed by atoms with Crippen LogP contribution in [0.1, 0.15) is 24.1 Å². The lowest BCUT2D eigenvalue weighted by Gasteiger charge is -2.27. The Morgan fingerprint density at radius 1 is 1.04 bits per heavy atom. The van der Waals surface area contributed by atoms with Gasteiger partial charge in [-0.3, -0.25) is 4.90 Å². The van der Waals surface area contributed by atoms with Gasteiger partial charge < -0.3 is 14.8 Å². The van der Waals surface area contributed by atoms with Gasteiger partial charge in [0.05, 0.1) is 13.2 Å². The summed E-state index contributed by atoms with van der Waals surface area (Å²) >= 11 is 0. The van der Waals surface area contributed by atoms with Gasteiger partial charge in [0, 0.05) is 32.2 Å². The van der Waals surface area contributed by atoms with Gasteiger partial charge in [-0.05, 0) is 30.2 Å². The number of rotatable bonds is 8. The Kier molecular flexibility index (Phi) is 6.86. The van der Waals surface area contributed by atoms with Gasteiger partial charge in [0.1, 0.15) is 12.4 Å². The number of benzene rings is 2. The highest BCUT2D eigenvalue weighted by molar-refractivity contribution is 5.29. The van der Waals surface area contributed by atoms with Crippen molar-refractivity contribution in [2.24, 2.45) is 0 Å². The fourth-order valence-corrected chi connectivity index (χ4v) is 2.98. The van der Waals surface area contributed by atoms with Crippen molar-refractivity contribution in [1.29, 1.82) is 0 Å². The van der Waals surface area contributed by atoms with Gasteiger partial charge in [-0.15, -0.1) is 0 Å². The topological polar surface area (TPSA) is 33.7 Å². The molecule has 134 valence electrons.